The van der Waals surface area contributed by atoms with E-state index < -0.39 is 0 Å². The van der Waals surface area contributed by atoms with Crippen molar-refractivity contribution in [2.45, 2.75) is 33.7 Å². The highest BCUT2D eigenvalue weighted by atomic mass is 32.2. The first-order valence-electron chi connectivity index (χ1n) is 4.18. The molecule has 2 heteroatoms. The van der Waals surface area contributed by atoms with Gasteiger partial charge < -0.3 is 5.32 Å². The number of thioether (sulfide) groups is 1. The molecule has 1 nitrogen and oxygen atoms in total. The molecule has 11 heavy (non-hydrogen) atoms. The fourth-order valence-electron chi connectivity index (χ4n) is 0.789. The summed E-state index contributed by atoms with van der Waals surface area (Å²) in [7, 11) is 0. The molecule has 0 aliphatic heterocycles. The second-order valence-electron chi connectivity index (χ2n) is 4.30. The van der Waals surface area contributed by atoms with Gasteiger partial charge >= 0.3 is 0 Å². The van der Waals surface area contributed by atoms with Crippen molar-refractivity contribution in [2.75, 3.05) is 18.6 Å². The summed E-state index contributed by atoms with van der Waals surface area (Å²) in [5.74, 6) is 1.20. The summed E-state index contributed by atoms with van der Waals surface area (Å²) in [4.78, 5) is 0. The lowest BCUT2D eigenvalue weighted by molar-refractivity contribution is 0.365. The van der Waals surface area contributed by atoms with Gasteiger partial charge in [-0.2, -0.15) is 11.8 Å². The zero-order valence-electron chi connectivity index (χ0n) is 8.40. The zero-order valence-corrected chi connectivity index (χ0v) is 9.22. The third kappa shape index (κ3) is 8.21. The van der Waals surface area contributed by atoms with Crippen LogP contribution >= 0.6 is 11.8 Å². The molecule has 0 saturated carbocycles. The lowest BCUT2D eigenvalue weighted by atomic mass is 9.97. The molecule has 0 aliphatic rings. The van der Waals surface area contributed by atoms with E-state index in [0.29, 0.717) is 11.5 Å². The van der Waals surface area contributed by atoms with E-state index in [1.54, 1.807) is 0 Å². The molecule has 0 heterocycles. The largest absolute Gasteiger partial charge is 0.313 e. The number of nitrogens with one attached hydrogen (secondary N) is 1. The molecule has 0 fully saturated rings. The second kappa shape index (κ2) is 5.04. The Labute approximate surface area is 75.3 Å². The maximum absolute atomic E-state index is 3.50. The fraction of sp³-hybridized carbons (Fsp3) is 1.00. The van der Waals surface area contributed by atoms with Crippen molar-refractivity contribution < 1.29 is 0 Å². The van der Waals surface area contributed by atoms with Gasteiger partial charge in [0.1, 0.15) is 0 Å². The van der Waals surface area contributed by atoms with Crippen molar-refractivity contribution in [3.63, 3.8) is 0 Å². The van der Waals surface area contributed by atoms with Crippen molar-refractivity contribution in [1.82, 2.24) is 5.32 Å². The molecule has 0 radical (unpaired) electrons. The monoisotopic (exact) mass is 175 g/mol. The number of hydrogen-bond donors (Lipinski definition) is 1. The minimum Gasteiger partial charge on any atom is -0.313 e. The molecular formula is C9H21NS. The predicted octanol–water partition coefficient (Wildman–Crippen LogP) is 2.37. The van der Waals surface area contributed by atoms with Crippen LogP contribution in [0.2, 0.25) is 0 Å². The van der Waals surface area contributed by atoms with Crippen LogP contribution in [0.15, 0.2) is 0 Å². The number of hydrogen-bond acceptors (Lipinski definition) is 2. The maximum atomic E-state index is 3.50. The van der Waals surface area contributed by atoms with Crippen LogP contribution in [0.1, 0.15) is 27.7 Å². The first-order valence-corrected chi connectivity index (χ1v) is 5.57. The van der Waals surface area contributed by atoms with Gasteiger partial charge in [0, 0.05) is 18.3 Å². The van der Waals surface area contributed by atoms with E-state index in [1.165, 1.54) is 5.75 Å². The minimum atomic E-state index is 0.409. The Balaban J connectivity index is 3.38. The first kappa shape index (κ1) is 11.3. The van der Waals surface area contributed by atoms with Crippen LogP contribution in [0, 0.1) is 5.41 Å². The SMILES string of the molecule is CSCC(C)NCC(C)(C)C. The van der Waals surface area contributed by atoms with E-state index >= 15 is 0 Å². The summed E-state index contributed by atoms with van der Waals surface area (Å²) in [6.07, 6.45) is 2.15. The van der Waals surface area contributed by atoms with Crippen molar-refractivity contribution in [3.8, 4) is 0 Å². The van der Waals surface area contributed by atoms with Gasteiger partial charge in [0.15, 0.2) is 0 Å². The van der Waals surface area contributed by atoms with Crippen molar-refractivity contribution >= 4 is 11.8 Å². The molecule has 0 aromatic heterocycles. The van der Waals surface area contributed by atoms with E-state index in [9.17, 15) is 0 Å². The quantitative estimate of drug-likeness (QED) is 0.704. The molecule has 0 aromatic rings. The van der Waals surface area contributed by atoms with Crippen molar-refractivity contribution in [3.05, 3.63) is 0 Å². The Morgan fingerprint density at radius 3 is 2.27 bits per heavy atom. The molecule has 1 N–H and O–H groups in total. The maximum Gasteiger partial charge on any atom is 0.0130 e. The Morgan fingerprint density at radius 2 is 1.91 bits per heavy atom. The molecule has 1 unspecified atom stereocenters. The van der Waals surface area contributed by atoms with Crippen molar-refractivity contribution in [2.24, 2.45) is 5.41 Å². The van der Waals surface area contributed by atoms with E-state index in [4.69, 9.17) is 0 Å². The molecule has 1 atom stereocenters. The standard InChI is InChI=1S/C9H21NS/c1-8(6-11-5)10-7-9(2,3)4/h8,10H,6-7H2,1-5H3. The van der Waals surface area contributed by atoms with Crippen LogP contribution in [0.3, 0.4) is 0 Å². The van der Waals surface area contributed by atoms with Gasteiger partial charge in [0.25, 0.3) is 0 Å². The normalized spacial score (nSPS) is 15.0. The van der Waals surface area contributed by atoms with Gasteiger partial charge in [-0.3, -0.25) is 0 Å². The van der Waals surface area contributed by atoms with E-state index in [2.05, 4.69) is 39.3 Å². The summed E-state index contributed by atoms with van der Waals surface area (Å²) in [5.41, 5.74) is 0.409. The molecule has 0 saturated heterocycles. The molecule has 0 amide bonds. The lowest BCUT2D eigenvalue weighted by Crippen LogP contribution is -2.35. The van der Waals surface area contributed by atoms with Gasteiger partial charge in [-0.25, -0.2) is 0 Å². The molecule has 0 aromatic carbocycles. The lowest BCUT2D eigenvalue weighted by Gasteiger charge is -2.22. The molecule has 0 spiro atoms. The van der Waals surface area contributed by atoms with Gasteiger partial charge in [-0.05, 0) is 18.6 Å². The summed E-state index contributed by atoms with van der Waals surface area (Å²) < 4.78 is 0. The highest BCUT2D eigenvalue weighted by molar-refractivity contribution is 7.98. The minimum absolute atomic E-state index is 0.409. The average molecular weight is 175 g/mol. The van der Waals surface area contributed by atoms with Crippen LogP contribution in [0.5, 0.6) is 0 Å². The Bertz CT molecular complexity index is 96.2. The van der Waals surface area contributed by atoms with Gasteiger partial charge in [0.2, 0.25) is 0 Å². The van der Waals surface area contributed by atoms with Crippen LogP contribution in [0.25, 0.3) is 0 Å². The third-order valence-corrected chi connectivity index (χ3v) is 2.23. The van der Waals surface area contributed by atoms with E-state index in [0.717, 1.165) is 6.54 Å². The summed E-state index contributed by atoms with van der Waals surface area (Å²) >= 11 is 1.90. The number of rotatable bonds is 4. The first-order chi connectivity index (χ1) is 4.95. The van der Waals surface area contributed by atoms with Gasteiger partial charge in [0.05, 0.1) is 0 Å². The van der Waals surface area contributed by atoms with Crippen LogP contribution in [-0.2, 0) is 0 Å². The van der Waals surface area contributed by atoms with Crippen molar-refractivity contribution in [1.29, 1.82) is 0 Å². The van der Waals surface area contributed by atoms with Crippen LogP contribution < -0.4 is 5.32 Å². The Morgan fingerprint density at radius 1 is 1.36 bits per heavy atom. The molecule has 0 rings (SSSR count). The molecule has 0 bridgehead atoms. The molecule has 68 valence electrons. The van der Waals surface area contributed by atoms with Gasteiger partial charge in [-0.15, -0.1) is 0 Å². The predicted molar refractivity (Wildman–Crippen MR) is 55.3 cm³/mol. The topological polar surface area (TPSA) is 12.0 Å². The smallest absolute Gasteiger partial charge is 0.0130 e. The summed E-state index contributed by atoms with van der Waals surface area (Å²) in [6, 6.07) is 0.643. The van der Waals surface area contributed by atoms with E-state index in [-0.39, 0.29) is 0 Å². The fourth-order valence-corrected chi connectivity index (χ4v) is 1.41. The highest BCUT2D eigenvalue weighted by Gasteiger charge is 2.10. The highest BCUT2D eigenvalue weighted by Crippen LogP contribution is 2.11. The second-order valence-corrected chi connectivity index (χ2v) is 5.21. The molecular weight excluding hydrogens is 154 g/mol. The van der Waals surface area contributed by atoms with E-state index in [1.807, 2.05) is 11.8 Å². The Hall–Kier alpha value is 0.310. The summed E-state index contributed by atoms with van der Waals surface area (Å²) in [6.45, 7) is 10.1. The van der Waals surface area contributed by atoms with Crippen LogP contribution in [-0.4, -0.2) is 24.6 Å². The Kier molecular flexibility index (Phi) is 5.19. The average Bonchev–Trinajstić information content (AvgIpc) is 1.83. The molecule has 0 aliphatic carbocycles. The third-order valence-electron chi connectivity index (χ3n) is 1.40. The zero-order chi connectivity index (χ0) is 8.91. The van der Waals surface area contributed by atoms with Gasteiger partial charge in [-0.1, -0.05) is 20.8 Å². The summed E-state index contributed by atoms with van der Waals surface area (Å²) in [5, 5.41) is 3.50. The van der Waals surface area contributed by atoms with Crippen LogP contribution in [0.4, 0.5) is 0 Å².